The summed E-state index contributed by atoms with van der Waals surface area (Å²) in [6, 6.07) is 13.7. The molecule has 0 spiro atoms. The fourth-order valence-electron chi connectivity index (χ4n) is 9.86. The van der Waals surface area contributed by atoms with Crippen molar-refractivity contribution < 1.29 is 46.1 Å². The Kier molecular flexibility index (Phi) is 12.3. The van der Waals surface area contributed by atoms with Crippen LogP contribution in [0.2, 0.25) is 0 Å². The average molecular weight is 791 g/mol. The van der Waals surface area contributed by atoms with Gasteiger partial charge in [-0.25, -0.2) is 26.4 Å². The van der Waals surface area contributed by atoms with Gasteiger partial charge in [-0.1, -0.05) is 12.1 Å². The third-order valence-electron chi connectivity index (χ3n) is 12.3. The van der Waals surface area contributed by atoms with E-state index in [4.69, 9.17) is 29.3 Å². The van der Waals surface area contributed by atoms with Crippen LogP contribution < -0.4 is 9.47 Å². The number of hydrogen-bond donors (Lipinski definition) is 2. The molecule has 16 heteroatoms. The highest BCUT2D eigenvalue weighted by atomic mass is 32.2. The number of benzene rings is 2. The predicted octanol–water partition coefficient (Wildman–Crippen LogP) is 3.23. The van der Waals surface area contributed by atoms with Crippen LogP contribution in [0.5, 0.6) is 11.5 Å². The number of carbonyl (C=O) groups is 2. The summed E-state index contributed by atoms with van der Waals surface area (Å²) in [5, 5.41) is 14.8. The summed E-state index contributed by atoms with van der Waals surface area (Å²) in [5.41, 5.74) is 5.44. The molecule has 0 aromatic heterocycles. The molecule has 6 aliphatic heterocycles. The van der Waals surface area contributed by atoms with Crippen LogP contribution in [0, 0.1) is 11.8 Å². The van der Waals surface area contributed by atoms with Crippen LogP contribution in [0.25, 0.3) is 0 Å². The van der Waals surface area contributed by atoms with Gasteiger partial charge in [-0.15, -0.1) is 0 Å². The molecule has 54 heavy (non-hydrogen) atoms. The molecule has 8 rings (SSSR count). The summed E-state index contributed by atoms with van der Waals surface area (Å²) in [6.07, 6.45) is 10.9. The summed E-state index contributed by atoms with van der Waals surface area (Å²) >= 11 is 0. The van der Waals surface area contributed by atoms with Crippen LogP contribution >= 0.6 is 0 Å². The van der Waals surface area contributed by atoms with Crippen molar-refractivity contribution in [3.63, 3.8) is 0 Å². The Hall–Kier alpha value is -3.28. The van der Waals surface area contributed by atoms with E-state index in [1.165, 1.54) is 34.8 Å². The number of piperidine rings is 4. The van der Waals surface area contributed by atoms with Crippen LogP contribution in [-0.2, 0) is 42.5 Å². The molecule has 0 amide bonds. The van der Waals surface area contributed by atoms with Gasteiger partial charge in [0.05, 0.1) is 26.7 Å². The highest BCUT2D eigenvalue weighted by molar-refractivity contribution is 7.88. The second-order valence-electron chi connectivity index (χ2n) is 15.4. The third kappa shape index (κ3) is 8.73. The summed E-state index contributed by atoms with van der Waals surface area (Å²) in [4.78, 5) is 23.3. The molecule has 14 nitrogen and oxygen atoms in total. The highest BCUT2D eigenvalue weighted by Crippen LogP contribution is 2.45. The number of carboxylic acid groups (broad SMARTS) is 2. The van der Waals surface area contributed by atoms with Crippen molar-refractivity contribution in [3.8, 4) is 11.5 Å². The van der Waals surface area contributed by atoms with Crippen molar-refractivity contribution in [1.82, 2.24) is 18.4 Å². The number of aliphatic carboxylic acids is 2. The van der Waals surface area contributed by atoms with Gasteiger partial charge in [0.15, 0.2) is 0 Å². The van der Waals surface area contributed by atoms with Crippen LogP contribution in [0.3, 0.4) is 0 Å². The zero-order valence-corrected chi connectivity index (χ0v) is 33.2. The number of hydrogen-bond acceptors (Lipinski definition) is 10. The lowest BCUT2D eigenvalue weighted by atomic mass is 9.77. The van der Waals surface area contributed by atoms with E-state index in [1.54, 1.807) is 22.8 Å². The molecule has 2 aromatic carbocycles. The van der Waals surface area contributed by atoms with Crippen LogP contribution in [0.15, 0.2) is 36.4 Å². The monoisotopic (exact) mass is 790 g/mol. The molecule has 2 aromatic rings. The summed E-state index contributed by atoms with van der Waals surface area (Å²) in [6.45, 7) is 5.53. The Morgan fingerprint density at radius 2 is 1.04 bits per heavy atom. The van der Waals surface area contributed by atoms with Crippen LogP contribution in [0.1, 0.15) is 72.9 Å². The lowest BCUT2D eigenvalue weighted by Crippen LogP contribution is -2.57. The Bertz CT molecular complexity index is 1790. The number of sulfonamides is 2. The molecule has 2 N–H and O–H groups in total. The Morgan fingerprint density at radius 3 is 1.37 bits per heavy atom. The van der Waals surface area contributed by atoms with E-state index in [0.29, 0.717) is 37.0 Å². The highest BCUT2D eigenvalue weighted by Gasteiger charge is 2.46. The van der Waals surface area contributed by atoms with E-state index in [2.05, 4.69) is 34.1 Å². The van der Waals surface area contributed by atoms with Gasteiger partial charge < -0.3 is 19.7 Å². The molecule has 0 radical (unpaired) electrons. The summed E-state index contributed by atoms with van der Waals surface area (Å²) < 4.78 is 63.2. The molecule has 0 saturated carbocycles. The zero-order valence-electron chi connectivity index (χ0n) is 31.6. The molecule has 6 aliphatic rings. The van der Waals surface area contributed by atoms with Gasteiger partial charge in [0.25, 0.3) is 0 Å². The minimum Gasteiger partial charge on any atom is -0.497 e. The standard InChI is InChI=1S/2C18H26N2O3S.C2H2O4/c2*1-23-15-5-6-16-13(10-15)7-9-19-12-14-4-3-8-20(24(2,21)22)17(14)11-18(16)19;3-1(4)2(5)6/h2*5-6,10,14,17-18H,3-4,7-9,11-12H2,1-2H3;(H,3,4)(H,5,6)/t2*14-,17+,18+;/m11./s1. The molecular weight excluding hydrogens is 737 g/mol. The predicted molar refractivity (Wildman–Crippen MR) is 203 cm³/mol. The van der Waals surface area contributed by atoms with Crippen LogP contribution in [-0.4, -0.2) is 135 Å². The molecule has 4 saturated heterocycles. The van der Waals surface area contributed by atoms with Crippen LogP contribution in [0.4, 0.5) is 0 Å². The molecule has 0 aliphatic carbocycles. The van der Waals surface area contributed by atoms with Gasteiger partial charge in [0.1, 0.15) is 11.5 Å². The Balaban J connectivity index is 0.000000160. The van der Waals surface area contributed by atoms with Crippen molar-refractivity contribution in [2.24, 2.45) is 11.8 Å². The van der Waals surface area contributed by atoms with E-state index < -0.39 is 32.0 Å². The van der Waals surface area contributed by atoms with Gasteiger partial charge in [-0.2, -0.15) is 8.61 Å². The van der Waals surface area contributed by atoms with E-state index in [0.717, 1.165) is 89.0 Å². The minimum atomic E-state index is -3.13. The van der Waals surface area contributed by atoms with Crippen molar-refractivity contribution in [1.29, 1.82) is 0 Å². The maximum atomic E-state index is 12.2. The first kappa shape index (κ1) is 40.4. The van der Waals surface area contributed by atoms with Crippen molar-refractivity contribution >= 4 is 32.0 Å². The van der Waals surface area contributed by atoms with Crippen molar-refractivity contribution in [2.45, 2.75) is 75.5 Å². The van der Waals surface area contributed by atoms with Gasteiger partial charge in [-0.3, -0.25) is 9.80 Å². The number of nitrogens with zero attached hydrogens (tertiary/aromatic N) is 4. The van der Waals surface area contributed by atoms with E-state index in [9.17, 15) is 16.8 Å². The lowest BCUT2D eigenvalue weighted by Gasteiger charge is -2.51. The van der Waals surface area contributed by atoms with E-state index in [-0.39, 0.29) is 12.1 Å². The fourth-order valence-corrected chi connectivity index (χ4v) is 12.3. The smallest absolute Gasteiger partial charge is 0.414 e. The molecule has 4 fully saturated rings. The lowest BCUT2D eigenvalue weighted by molar-refractivity contribution is -0.159. The number of ether oxygens (including phenoxy) is 2. The molecule has 6 heterocycles. The number of rotatable bonds is 4. The van der Waals surface area contributed by atoms with Gasteiger partial charge >= 0.3 is 11.9 Å². The van der Waals surface area contributed by atoms with Crippen molar-refractivity contribution in [2.75, 3.05) is 66.0 Å². The Morgan fingerprint density at radius 1 is 0.648 bits per heavy atom. The first-order valence-electron chi connectivity index (χ1n) is 18.8. The minimum absolute atomic E-state index is 0.156. The largest absolute Gasteiger partial charge is 0.497 e. The normalized spacial score (nSPS) is 28.4. The fraction of sp³-hybridized carbons (Fsp3) is 0.632. The SMILES string of the molecule is COc1ccc2c(c1)CCN1C[C@H]3CCCN(S(C)(=O)=O)[C@H]3C[C@@H]21.COc1ccc2c(c1)CCN1C[C@H]3CCCN(S(C)(=O)=O)[C@H]3C[C@@H]21.O=C(O)C(=O)O. The Labute approximate surface area is 319 Å². The van der Waals surface area contributed by atoms with Gasteiger partial charge in [0.2, 0.25) is 20.0 Å². The molecule has 0 bridgehead atoms. The van der Waals surface area contributed by atoms with Crippen molar-refractivity contribution in [3.05, 3.63) is 58.7 Å². The summed E-state index contributed by atoms with van der Waals surface area (Å²) in [5.74, 6) is -0.878. The average Bonchev–Trinajstić information content (AvgIpc) is 3.14. The second kappa shape index (κ2) is 16.4. The number of methoxy groups -OCH3 is 2. The third-order valence-corrected chi connectivity index (χ3v) is 14.9. The van der Waals surface area contributed by atoms with E-state index >= 15 is 0 Å². The van der Waals surface area contributed by atoms with E-state index in [1.807, 2.05) is 12.1 Å². The maximum Gasteiger partial charge on any atom is 0.414 e. The first-order chi connectivity index (χ1) is 25.6. The number of carboxylic acids is 2. The molecule has 6 atom stereocenters. The summed E-state index contributed by atoms with van der Waals surface area (Å²) in [7, 11) is -2.85. The quantitative estimate of drug-likeness (QED) is 0.434. The molecule has 0 unspecified atom stereocenters. The zero-order chi connectivity index (χ0) is 38.9. The molecule has 298 valence electrons. The second-order valence-corrected chi connectivity index (χ2v) is 19.3. The van der Waals surface area contributed by atoms with Gasteiger partial charge in [-0.05, 0) is 110 Å². The maximum absolute atomic E-state index is 12.2. The van der Waals surface area contributed by atoms with Gasteiger partial charge in [0, 0.05) is 63.4 Å². The number of fused-ring (bicyclic) bond motifs is 8. The topological polar surface area (TPSA) is 174 Å². The molecular formula is C38H54N4O10S2. The first-order valence-corrected chi connectivity index (χ1v) is 22.5.